The molecule has 2 aromatic carbocycles. The predicted molar refractivity (Wildman–Crippen MR) is 123 cm³/mol. The molecule has 0 aliphatic carbocycles. The van der Waals surface area contributed by atoms with Crippen molar-refractivity contribution in [2.45, 2.75) is 39.2 Å². The third-order valence-electron chi connectivity index (χ3n) is 5.99. The van der Waals surface area contributed by atoms with Gasteiger partial charge in [0.05, 0.1) is 5.41 Å². The number of hydrogen-bond acceptors (Lipinski definition) is 4. The van der Waals surface area contributed by atoms with E-state index in [0.29, 0.717) is 19.5 Å². The maximum absolute atomic E-state index is 13.4. The van der Waals surface area contributed by atoms with Crippen LogP contribution in [0.2, 0.25) is 0 Å². The van der Waals surface area contributed by atoms with Crippen molar-refractivity contribution in [3.63, 3.8) is 0 Å². The van der Waals surface area contributed by atoms with Crippen molar-refractivity contribution < 1.29 is 9.59 Å². The van der Waals surface area contributed by atoms with Crippen LogP contribution in [-0.2, 0) is 11.2 Å². The monoisotopic (exact) mass is 431 g/mol. The minimum Gasteiger partial charge on any atom is -0.353 e. The van der Waals surface area contributed by atoms with Gasteiger partial charge in [0.25, 0.3) is 5.91 Å². The topological polar surface area (TPSA) is 91.0 Å². The molecule has 7 heteroatoms. The van der Waals surface area contributed by atoms with Crippen molar-refractivity contribution in [1.82, 2.24) is 25.4 Å². The van der Waals surface area contributed by atoms with Gasteiger partial charge in [-0.25, -0.2) is 4.98 Å². The second kappa shape index (κ2) is 9.34. The normalized spacial score (nSPS) is 18.5. The average molecular weight is 432 g/mol. The number of benzene rings is 2. The highest BCUT2D eigenvalue weighted by atomic mass is 16.2. The Kier molecular flexibility index (Phi) is 6.35. The Morgan fingerprint density at radius 2 is 1.81 bits per heavy atom. The van der Waals surface area contributed by atoms with Crippen LogP contribution in [0, 0.1) is 5.41 Å². The predicted octanol–water partition coefficient (Wildman–Crippen LogP) is 3.46. The summed E-state index contributed by atoms with van der Waals surface area (Å²) in [5.41, 5.74) is 2.69. The van der Waals surface area contributed by atoms with Crippen molar-refractivity contribution in [2.75, 3.05) is 13.1 Å². The van der Waals surface area contributed by atoms with E-state index in [0.717, 1.165) is 29.5 Å². The second-order valence-electron chi connectivity index (χ2n) is 8.81. The fourth-order valence-corrected chi connectivity index (χ4v) is 4.42. The number of H-pyrrole nitrogens is 1. The largest absolute Gasteiger partial charge is 0.353 e. The molecule has 32 heavy (non-hydrogen) atoms. The Labute approximate surface area is 188 Å². The number of carbonyl (C=O) groups excluding carboxylic acids is 2. The van der Waals surface area contributed by atoms with Crippen LogP contribution >= 0.6 is 0 Å². The van der Waals surface area contributed by atoms with Crippen molar-refractivity contribution in [3.8, 4) is 11.1 Å². The van der Waals surface area contributed by atoms with Crippen LogP contribution in [0.25, 0.3) is 11.1 Å². The van der Waals surface area contributed by atoms with E-state index in [4.69, 9.17) is 0 Å². The van der Waals surface area contributed by atoms with Gasteiger partial charge < -0.3 is 10.2 Å². The summed E-state index contributed by atoms with van der Waals surface area (Å²) in [6.45, 7) is 4.87. The number of rotatable bonds is 6. The van der Waals surface area contributed by atoms with E-state index < -0.39 is 5.41 Å². The minimum absolute atomic E-state index is 0.00490. The summed E-state index contributed by atoms with van der Waals surface area (Å²) >= 11 is 0. The molecule has 0 radical (unpaired) electrons. The standard InChI is InChI=1S/C25H29N5O2/c1-18(2)28-24(32)25(13-6-14-30(16-25)23(31)22-26-17-27-29-22)15-19-9-11-21(12-10-19)20-7-4-3-5-8-20/h3-5,7-12,17-18H,6,13-16H2,1-2H3,(H,28,32)(H,26,27,29)/t25-/m1/s1. The first-order valence-corrected chi connectivity index (χ1v) is 11.1. The van der Waals surface area contributed by atoms with E-state index in [1.165, 1.54) is 6.33 Å². The molecule has 2 N–H and O–H groups in total. The fraction of sp³-hybridized carbons (Fsp3) is 0.360. The summed E-state index contributed by atoms with van der Waals surface area (Å²) in [5.74, 6) is -0.0182. The van der Waals surface area contributed by atoms with Crippen LogP contribution in [0.3, 0.4) is 0 Å². The molecule has 0 unspecified atom stereocenters. The third-order valence-corrected chi connectivity index (χ3v) is 5.99. The SMILES string of the molecule is CC(C)NC(=O)[C@@]1(Cc2ccc(-c3ccccc3)cc2)CCCN(C(=O)c2ncn[nH]2)C1. The molecule has 4 rings (SSSR count). The van der Waals surface area contributed by atoms with E-state index in [1.807, 2.05) is 32.0 Å². The van der Waals surface area contributed by atoms with Gasteiger partial charge in [-0.2, -0.15) is 5.10 Å². The Bertz CT molecular complexity index is 1050. The number of carbonyl (C=O) groups is 2. The Hall–Kier alpha value is -3.48. The molecule has 2 heterocycles. The van der Waals surface area contributed by atoms with Crippen LogP contribution in [0.4, 0.5) is 0 Å². The Morgan fingerprint density at radius 3 is 2.47 bits per heavy atom. The van der Waals surface area contributed by atoms with Gasteiger partial charge in [0.15, 0.2) is 0 Å². The first-order valence-electron chi connectivity index (χ1n) is 11.1. The molecule has 1 atom stereocenters. The zero-order valence-corrected chi connectivity index (χ0v) is 18.5. The number of likely N-dealkylation sites (tertiary alicyclic amines) is 1. The summed E-state index contributed by atoms with van der Waals surface area (Å²) < 4.78 is 0. The highest BCUT2D eigenvalue weighted by Crippen LogP contribution is 2.35. The second-order valence-corrected chi connectivity index (χ2v) is 8.81. The lowest BCUT2D eigenvalue weighted by Crippen LogP contribution is -2.55. The number of aromatic amines is 1. The zero-order valence-electron chi connectivity index (χ0n) is 18.5. The van der Waals surface area contributed by atoms with Crippen LogP contribution in [0.1, 0.15) is 42.9 Å². The lowest BCUT2D eigenvalue weighted by Gasteiger charge is -2.42. The maximum atomic E-state index is 13.4. The fourth-order valence-electron chi connectivity index (χ4n) is 4.42. The molecule has 0 spiro atoms. The molecule has 0 saturated carbocycles. The van der Waals surface area contributed by atoms with Crippen LogP contribution < -0.4 is 5.32 Å². The molecular formula is C25H29N5O2. The molecule has 7 nitrogen and oxygen atoms in total. The average Bonchev–Trinajstić information content (AvgIpc) is 3.34. The summed E-state index contributed by atoms with van der Waals surface area (Å²) in [7, 11) is 0. The van der Waals surface area contributed by atoms with E-state index >= 15 is 0 Å². The lowest BCUT2D eigenvalue weighted by molar-refractivity contribution is -0.134. The van der Waals surface area contributed by atoms with E-state index in [-0.39, 0.29) is 23.7 Å². The van der Waals surface area contributed by atoms with Crippen molar-refractivity contribution in [1.29, 1.82) is 0 Å². The van der Waals surface area contributed by atoms with Gasteiger partial charge in [0, 0.05) is 19.1 Å². The number of hydrogen-bond donors (Lipinski definition) is 2. The first-order chi connectivity index (χ1) is 15.5. The molecule has 2 amide bonds. The Balaban J connectivity index is 1.59. The molecular weight excluding hydrogens is 402 g/mol. The molecule has 0 bridgehead atoms. The van der Waals surface area contributed by atoms with Gasteiger partial charge in [-0.05, 0) is 49.8 Å². The first kappa shape index (κ1) is 21.7. The summed E-state index contributed by atoms with van der Waals surface area (Å²) in [6.07, 6.45) is 3.38. The summed E-state index contributed by atoms with van der Waals surface area (Å²) in [4.78, 5) is 32.0. The third kappa shape index (κ3) is 4.72. The number of amides is 2. The Morgan fingerprint density at radius 1 is 1.09 bits per heavy atom. The number of piperidine rings is 1. The van der Waals surface area contributed by atoms with Gasteiger partial charge in [0.1, 0.15) is 6.33 Å². The maximum Gasteiger partial charge on any atom is 0.291 e. The molecule has 1 aromatic heterocycles. The molecule has 166 valence electrons. The highest BCUT2D eigenvalue weighted by molar-refractivity contribution is 5.91. The van der Waals surface area contributed by atoms with Crippen LogP contribution in [0.15, 0.2) is 60.9 Å². The number of nitrogens with one attached hydrogen (secondary N) is 2. The number of nitrogens with zero attached hydrogens (tertiary/aromatic N) is 3. The van der Waals surface area contributed by atoms with Crippen LogP contribution in [-0.4, -0.2) is 51.0 Å². The molecule has 1 aliphatic heterocycles. The smallest absolute Gasteiger partial charge is 0.291 e. The zero-order chi connectivity index (χ0) is 22.6. The van der Waals surface area contributed by atoms with Gasteiger partial charge in [-0.3, -0.25) is 14.7 Å². The highest BCUT2D eigenvalue weighted by Gasteiger charge is 2.44. The van der Waals surface area contributed by atoms with Gasteiger partial charge in [-0.1, -0.05) is 54.6 Å². The quantitative estimate of drug-likeness (QED) is 0.625. The lowest BCUT2D eigenvalue weighted by atomic mass is 9.74. The van der Waals surface area contributed by atoms with Crippen LogP contribution in [0.5, 0.6) is 0 Å². The minimum atomic E-state index is -0.688. The summed E-state index contributed by atoms with van der Waals surface area (Å²) in [5, 5.41) is 9.52. The molecule has 1 saturated heterocycles. The molecule has 3 aromatic rings. The van der Waals surface area contributed by atoms with Gasteiger partial charge >= 0.3 is 0 Å². The van der Waals surface area contributed by atoms with E-state index in [9.17, 15) is 9.59 Å². The van der Waals surface area contributed by atoms with E-state index in [2.05, 4.69) is 56.9 Å². The van der Waals surface area contributed by atoms with Crippen molar-refractivity contribution in [2.24, 2.45) is 5.41 Å². The summed E-state index contributed by atoms with van der Waals surface area (Å²) in [6, 6.07) is 18.6. The van der Waals surface area contributed by atoms with Gasteiger partial charge in [0.2, 0.25) is 11.7 Å². The number of aromatic nitrogens is 3. The van der Waals surface area contributed by atoms with Crippen molar-refractivity contribution in [3.05, 3.63) is 72.3 Å². The molecule has 1 fully saturated rings. The van der Waals surface area contributed by atoms with E-state index in [1.54, 1.807) is 4.90 Å². The van der Waals surface area contributed by atoms with Crippen molar-refractivity contribution >= 4 is 11.8 Å². The molecule has 1 aliphatic rings. The van der Waals surface area contributed by atoms with Gasteiger partial charge in [-0.15, -0.1) is 0 Å².